The van der Waals surface area contributed by atoms with Gasteiger partial charge in [0.1, 0.15) is 0 Å². The molecule has 0 aliphatic carbocycles. The molecule has 0 bridgehead atoms. The molecule has 0 atom stereocenters. The summed E-state index contributed by atoms with van der Waals surface area (Å²) in [5.41, 5.74) is 5.88. The van der Waals surface area contributed by atoms with Gasteiger partial charge in [-0.15, -0.1) is 0 Å². The van der Waals surface area contributed by atoms with Crippen molar-refractivity contribution < 1.29 is 4.98 Å². The van der Waals surface area contributed by atoms with Crippen LogP contribution < -0.4 is 16.6 Å². The molecule has 0 radical (unpaired) electrons. The second kappa shape index (κ2) is 2.77. The Morgan fingerprint density at radius 2 is 2.50 bits per heavy atom. The Balaban J connectivity index is 2.96. The number of nitrogens with two attached hydrogens (primary N) is 2. The van der Waals surface area contributed by atoms with Crippen LogP contribution in [0.25, 0.3) is 0 Å². The zero-order valence-electron chi connectivity index (χ0n) is 5.28. The van der Waals surface area contributed by atoms with Crippen molar-refractivity contribution in [1.29, 1.82) is 0 Å². The first-order valence-corrected chi connectivity index (χ1v) is 2.70. The van der Waals surface area contributed by atoms with Crippen LogP contribution in [0.4, 0.5) is 0 Å². The molecule has 1 heterocycles. The van der Waals surface area contributed by atoms with Crippen molar-refractivity contribution in [2.75, 3.05) is 0 Å². The maximum atomic E-state index is 5.34. The second-order valence-corrected chi connectivity index (χ2v) is 1.66. The van der Waals surface area contributed by atoms with Crippen molar-refractivity contribution in [3.05, 3.63) is 24.3 Å². The number of aromatic amines is 1. The monoisotopic (exact) mass is 138 g/mol. The summed E-state index contributed by atoms with van der Waals surface area (Å²) in [6.45, 7) is 0. The molecule has 0 saturated carbocycles. The van der Waals surface area contributed by atoms with Gasteiger partial charge in [-0.2, -0.15) is 5.10 Å². The lowest BCUT2D eigenvalue weighted by Crippen LogP contribution is -2.19. The van der Waals surface area contributed by atoms with E-state index in [1.807, 2.05) is 0 Å². The number of amidine groups is 1. The SMILES string of the molecule is NN=C(N)c1c[nH+]ccn1. The minimum absolute atomic E-state index is 0.219. The Bertz CT molecular complexity index is 229. The molecule has 5 N–H and O–H groups in total. The Morgan fingerprint density at radius 1 is 1.70 bits per heavy atom. The lowest BCUT2D eigenvalue weighted by Gasteiger charge is -1.90. The first-order chi connectivity index (χ1) is 4.84. The maximum Gasteiger partial charge on any atom is 0.196 e. The van der Waals surface area contributed by atoms with Gasteiger partial charge in [0.2, 0.25) is 0 Å². The number of H-pyrrole nitrogens is 1. The third-order valence-electron chi connectivity index (χ3n) is 1.01. The molecule has 0 aromatic carbocycles. The van der Waals surface area contributed by atoms with E-state index in [4.69, 9.17) is 11.6 Å². The average Bonchev–Trinajstić information content (AvgIpc) is 2.05. The number of aromatic nitrogens is 2. The molecular formula is C5H8N5+. The summed E-state index contributed by atoms with van der Waals surface area (Å²) in [5, 5.41) is 3.27. The topological polar surface area (TPSA) is 91.4 Å². The summed E-state index contributed by atoms with van der Waals surface area (Å²) in [7, 11) is 0. The van der Waals surface area contributed by atoms with Gasteiger partial charge in [0.15, 0.2) is 23.9 Å². The van der Waals surface area contributed by atoms with E-state index in [-0.39, 0.29) is 5.84 Å². The van der Waals surface area contributed by atoms with E-state index >= 15 is 0 Å². The van der Waals surface area contributed by atoms with Gasteiger partial charge in [-0.3, -0.25) is 0 Å². The highest BCUT2D eigenvalue weighted by atomic mass is 15.2. The molecule has 0 fully saturated rings. The molecule has 1 aromatic heterocycles. The minimum atomic E-state index is 0.219. The van der Waals surface area contributed by atoms with Crippen LogP contribution in [0.2, 0.25) is 0 Å². The Labute approximate surface area is 57.8 Å². The van der Waals surface area contributed by atoms with Gasteiger partial charge in [-0.25, -0.2) is 9.97 Å². The van der Waals surface area contributed by atoms with Gasteiger partial charge < -0.3 is 11.6 Å². The van der Waals surface area contributed by atoms with E-state index in [0.29, 0.717) is 5.69 Å². The number of hydrazone groups is 1. The van der Waals surface area contributed by atoms with Crippen molar-refractivity contribution in [3.63, 3.8) is 0 Å². The predicted octanol–water partition coefficient (Wildman–Crippen LogP) is -1.53. The molecule has 0 saturated heterocycles. The molecule has 1 rings (SSSR count). The molecule has 0 aliphatic rings. The maximum absolute atomic E-state index is 5.34. The van der Waals surface area contributed by atoms with Crippen LogP contribution in [0, 0.1) is 0 Å². The van der Waals surface area contributed by atoms with Gasteiger partial charge in [0.05, 0.1) is 6.20 Å². The number of hydrogen-bond donors (Lipinski definition) is 2. The van der Waals surface area contributed by atoms with Gasteiger partial charge >= 0.3 is 0 Å². The summed E-state index contributed by atoms with van der Waals surface area (Å²) in [5.74, 6) is 5.13. The van der Waals surface area contributed by atoms with Crippen molar-refractivity contribution in [2.24, 2.45) is 16.7 Å². The molecule has 0 amide bonds. The number of nitrogens with one attached hydrogen (secondary N) is 1. The lowest BCUT2D eigenvalue weighted by atomic mass is 10.4. The van der Waals surface area contributed by atoms with Crippen LogP contribution in [0.15, 0.2) is 23.7 Å². The van der Waals surface area contributed by atoms with Crippen LogP contribution in [-0.2, 0) is 0 Å². The molecule has 1 aromatic rings. The molecule has 52 valence electrons. The molecule has 0 aliphatic heterocycles. The van der Waals surface area contributed by atoms with E-state index in [1.165, 1.54) is 0 Å². The summed E-state index contributed by atoms with van der Waals surface area (Å²) in [4.78, 5) is 6.68. The highest BCUT2D eigenvalue weighted by Crippen LogP contribution is 1.83. The van der Waals surface area contributed by atoms with Crippen LogP contribution in [-0.4, -0.2) is 10.8 Å². The van der Waals surface area contributed by atoms with Crippen molar-refractivity contribution >= 4 is 5.84 Å². The Hall–Kier alpha value is -1.65. The van der Waals surface area contributed by atoms with Crippen molar-refractivity contribution in [2.45, 2.75) is 0 Å². The predicted molar refractivity (Wildman–Crippen MR) is 35.7 cm³/mol. The third-order valence-corrected chi connectivity index (χ3v) is 1.01. The Morgan fingerprint density at radius 3 is 3.00 bits per heavy atom. The highest BCUT2D eigenvalue weighted by molar-refractivity contribution is 5.94. The zero-order valence-corrected chi connectivity index (χ0v) is 5.28. The fraction of sp³-hybridized carbons (Fsp3) is 0. The van der Waals surface area contributed by atoms with Crippen molar-refractivity contribution in [3.8, 4) is 0 Å². The summed E-state index contributed by atoms with van der Waals surface area (Å²) in [6, 6.07) is 0. The molecule has 10 heavy (non-hydrogen) atoms. The quantitative estimate of drug-likeness (QED) is 0.213. The molecular weight excluding hydrogens is 130 g/mol. The van der Waals surface area contributed by atoms with Crippen LogP contribution in [0.1, 0.15) is 5.69 Å². The fourth-order valence-corrected chi connectivity index (χ4v) is 0.531. The van der Waals surface area contributed by atoms with E-state index in [2.05, 4.69) is 15.1 Å². The van der Waals surface area contributed by atoms with E-state index < -0.39 is 0 Å². The van der Waals surface area contributed by atoms with Gasteiger partial charge in [0.25, 0.3) is 0 Å². The average molecular weight is 138 g/mol. The number of nitrogens with zero attached hydrogens (tertiary/aromatic N) is 2. The zero-order chi connectivity index (χ0) is 7.40. The van der Waals surface area contributed by atoms with E-state index in [0.717, 1.165) is 0 Å². The van der Waals surface area contributed by atoms with Crippen LogP contribution in [0.5, 0.6) is 0 Å². The highest BCUT2D eigenvalue weighted by Gasteiger charge is 1.99. The fourth-order valence-electron chi connectivity index (χ4n) is 0.531. The van der Waals surface area contributed by atoms with Gasteiger partial charge in [0, 0.05) is 0 Å². The van der Waals surface area contributed by atoms with Gasteiger partial charge in [-0.05, 0) is 0 Å². The molecule has 0 spiro atoms. The first-order valence-electron chi connectivity index (χ1n) is 2.70. The largest absolute Gasteiger partial charge is 0.380 e. The minimum Gasteiger partial charge on any atom is -0.380 e. The lowest BCUT2D eigenvalue weighted by molar-refractivity contribution is -0.379. The summed E-state index contributed by atoms with van der Waals surface area (Å²) in [6.07, 6.45) is 4.87. The standard InChI is InChI=1S/C5H7N5/c6-5(10-7)4-3-8-1-2-9-4/h1-3H,7H2,(H2,6,10)/p+1. The second-order valence-electron chi connectivity index (χ2n) is 1.66. The first kappa shape index (κ1) is 6.47. The third kappa shape index (κ3) is 1.19. The smallest absolute Gasteiger partial charge is 0.196 e. The van der Waals surface area contributed by atoms with Gasteiger partial charge in [-0.1, -0.05) is 0 Å². The van der Waals surface area contributed by atoms with Crippen molar-refractivity contribution in [1.82, 2.24) is 4.98 Å². The molecule has 5 nitrogen and oxygen atoms in total. The normalized spacial score (nSPS) is 11.4. The summed E-state index contributed by atoms with van der Waals surface area (Å²) >= 11 is 0. The van der Waals surface area contributed by atoms with E-state index in [9.17, 15) is 0 Å². The number of hydrogen-bond acceptors (Lipinski definition) is 3. The Kier molecular flexibility index (Phi) is 1.79. The molecule has 5 heteroatoms. The molecule has 0 unspecified atom stereocenters. The van der Waals surface area contributed by atoms with E-state index in [1.54, 1.807) is 18.6 Å². The van der Waals surface area contributed by atoms with Crippen LogP contribution >= 0.6 is 0 Å². The number of rotatable bonds is 1. The van der Waals surface area contributed by atoms with Crippen LogP contribution in [0.3, 0.4) is 0 Å². The summed E-state index contributed by atoms with van der Waals surface area (Å²) < 4.78 is 0.